The molecule has 0 aromatic rings. The van der Waals surface area contributed by atoms with E-state index in [1.165, 1.54) is 0 Å². The van der Waals surface area contributed by atoms with E-state index in [2.05, 4.69) is 6.58 Å². The fourth-order valence-electron chi connectivity index (χ4n) is 0.205. The average Bonchev–Trinajstić information content (AvgIpc) is 1.68. The summed E-state index contributed by atoms with van der Waals surface area (Å²) in [5, 5.41) is 0. The van der Waals surface area contributed by atoms with Crippen molar-refractivity contribution in [3.05, 3.63) is 24.3 Å². The molecular formula is C6H9Cl. The fraction of sp³-hybridized carbons (Fsp3) is 0.333. The van der Waals surface area contributed by atoms with Crippen LogP contribution in [0.1, 0.15) is 6.92 Å². The van der Waals surface area contributed by atoms with E-state index in [9.17, 15) is 0 Å². The first-order valence-corrected chi connectivity index (χ1v) is 2.70. The van der Waals surface area contributed by atoms with E-state index in [1.54, 1.807) is 6.08 Å². The zero-order valence-electron chi connectivity index (χ0n) is 4.45. The first kappa shape index (κ1) is 6.77. The largest absolute Gasteiger partial charge is 0.122 e. The fourth-order valence-corrected chi connectivity index (χ4v) is 0.448. The molecule has 7 heavy (non-hydrogen) atoms. The van der Waals surface area contributed by atoms with Gasteiger partial charge >= 0.3 is 0 Å². The molecule has 0 spiro atoms. The van der Waals surface area contributed by atoms with Crippen LogP contribution in [0, 0.1) is 0 Å². The second-order valence-electron chi connectivity index (χ2n) is 1.31. The number of halogens is 1. The van der Waals surface area contributed by atoms with Crippen molar-refractivity contribution in [2.45, 2.75) is 6.92 Å². The highest BCUT2D eigenvalue weighted by atomic mass is 35.5. The van der Waals surface area contributed by atoms with Gasteiger partial charge in [0.2, 0.25) is 0 Å². The number of hydrogen-bond donors (Lipinski definition) is 0. The molecule has 0 aliphatic heterocycles. The Balaban J connectivity index is 3.49. The van der Waals surface area contributed by atoms with E-state index in [4.69, 9.17) is 11.6 Å². The van der Waals surface area contributed by atoms with Crippen molar-refractivity contribution < 1.29 is 0 Å². The molecule has 0 N–H and O–H groups in total. The van der Waals surface area contributed by atoms with E-state index >= 15 is 0 Å². The number of hydrogen-bond acceptors (Lipinski definition) is 0. The number of rotatable bonds is 2. The third-order valence-electron chi connectivity index (χ3n) is 0.721. The molecule has 0 radical (unpaired) electrons. The number of allylic oxidation sites excluding steroid dienone is 3. The van der Waals surface area contributed by atoms with E-state index in [0.29, 0.717) is 5.88 Å². The molecule has 0 aliphatic rings. The van der Waals surface area contributed by atoms with Crippen LogP contribution in [-0.2, 0) is 0 Å². The van der Waals surface area contributed by atoms with Gasteiger partial charge in [0.05, 0.1) is 0 Å². The molecule has 0 rings (SSSR count). The van der Waals surface area contributed by atoms with Crippen molar-refractivity contribution in [2.24, 2.45) is 0 Å². The lowest BCUT2D eigenvalue weighted by Crippen LogP contribution is -1.65. The van der Waals surface area contributed by atoms with Gasteiger partial charge in [-0.15, -0.1) is 11.6 Å². The quantitative estimate of drug-likeness (QED) is 0.384. The highest BCUT2D eigenvalue weighted by Gasteiger charge is 1.73. The molecule has 0 bridgehead atoms. The molecule has 0 fully saturated rings. The summed E-state index contributed by atoms with van der Waals surface area (Å²) in [7, 11) is 0. The normalized spacial score (nSPS) is 11.4. The molecule has 0 heterocycles. The SMILES string of the molecule is C=C/C(C)=C\CCl. The van der Waals surface area contributed by atoms with Gasteiger partial charge in [-0.2, -0.15) is 0 Å². The molecule has 0 unspecified atom stereocenters. The summed E-state index contributed by atoms with van der Waals surface area (Å²) in [6, 6.07) is 0. The van der Waals surface area contributed by atoms with E-state index in [0.717, 1.165) is 5.57 Å². The molecular weight excluding hydrogens is 108 g/mol. The summed E-state index contributed by atoms with van der Waals surface area (Å²) in [5.74, 6) is 0.581. The van der Waals surface area contributed by atoms with Crippen molar-refractivity contribution >= 4 is 11.6 Å². The van der Waals surface area contributed by atoms with Crippen molar-refractivity contribution in [1.82, 2.24) is 0 Å². The Kier molecular flexibility index (Phi) is 3.81. The van der Waals surface area contributed by atoms with Crippen LogP contribution >= 0.6 is 11.6 Å². The summed E-state index contributed by atoms with van der Waals surface area (Å²) in [4.78, 5) is 0. The molecule has 1 heteroatoms. The minimum absolute atomic E-state index is 0.581. The smallest absolute Gasteiger partial charge is 0.0409 e. The van der Waals surface area contributed by atoms with Gasteiger partial charge in [-0.3, -0.25) is 0 Å². The maximum absolute atomic E-state index is 5.35. The zero-order valence-corrected chi connectivity index (χ0v) is 5.20. The minimum Gasteiger partial charge on any atom is -0.122 e. The maximum atomic E-state index is 5.35. The maximum Gasteiger partial charge on any atom is 0.0409 e. The Morgan fingerprint density at radius 3 is 2.57 bits per heavy atom. The lowest BCUT2D eigenvalue weighted by atomic mass is 10.3. The van der Waals surface area contributed by atoms with Gasteiger partial charge in [0.1, 0.15) is 0 Å². The van der Waals surface area contributed by atoms with Crippen LogP contribution < -0.4 is 0 Å². The van der Waals surface area contributed by atoms with Crippen molar-refractivity contribution in [3.63, 3.8) is 0 Å². The third-order valence-corrected chi connectivity index (χ3v) is 0.875. The molecule has 0 atom stereocenters. The van der Waals surface area contributed by atoms with Crippen LogP contribution in [-0.4, -0.2) is 5.88 Å². The molecule has 40 valence electrons. The molecule has 0 saturated carbocycles. The van der Waals surface area contributed by atoms with Gasteiger partial charge in [-0.05, 0) is 6.92 Å². The van der Waals surface area contributed by atoms with Gasteiger partial charge in [-0.25, -0.2) is 0 Å². The first-order valence-electron chi connectivity index (χ1n) is 2.16. The molecule has 0 saturated heterocycles. The van der Waals surface area contributed by atoms with Crippen LogP contribution in [0.5, 0.6) is 0 Å². The second kappa shape index (κ2) is 3.94. The summed E-state index contributed by atoms with van der Waals surface area (Å²) < 4.78 is 0. The predicted octanol–water partition coefficient (Wildman–Crippen LogP) is 2.36. The molecule has 0 aromatic heterocycles. The summed E-state index contributed by atoms with van der Waals surface area (Å²) in [6.07, 6.45) is 3.69. The third kappa shape index (κ3) is 3.60. The van der Waals surface area contributed by atoms with E-state index in [-0.39, 0.29) is 0 Å². The van der Waals surface area contributed by atoms with Gasteiger partial charge in [-0.1, -0.05) is 24.3 Å². The van der Waals surface area contributed by atoms with Crippen molar-refractivity contribution in [3.8, 4) is 0 Å². The zero-order chi connectivity index (χ0) is 5.70. The Bertz CT molecular complexity index is 82.2. The second-order valence-corrected chi connectivity index (χ2v) is 1.62. The number of alkyl halides is 1. The van der Waals surface area contributed by atoms with Crippen LogP contribution in [0.2, 0.25) is 0 Å². The topological polar surface area (TPSA) is 0 Å². The predicted molar refractivity (Wildman–Crippen MR) is 34.7 cm³/mol. The lowest BCUT2D eigenvalue weighted by molar-refractivity contribution is 1.49. The summed E-state index contributed by atoms with van der Waals surface area (Å²) in [6.45, 7) is 5.52. The Labute approximate surface area is 49.5 Å². The lowest BCUT2D eigenvalue weighted by Gasteiger charge is -1.82. The molecule has 0 aliphatic carbocycles. The standard InChI is InChI=1S/C6H9Cl/c1-3-6(2)4-5-7/h3-4H,1,5H2,2H3/b6-4-. The van der Waals surface area contributed by atoms with Gasteiger partial charge in [0.15, 0.2) is 0 Å². The van der Waals surface area contributed by atoms with Crippen LogP contribution in [0.3, 0.4) is 0 Å². The van der Waals surface area contributed by atoms with E-state index in [1.807, 2.05) is 13.0 Å². The Morgan fingerprint density at radius 1 is 1.86 bits per heavy atom. The van der Waals surface area contributed by atoms with Gasteiger partial charge in [0.25, 0.3) is 0 Å². The van der Waals surface area contributed by atoms with Gasteiger partial charge < -0.3 is 0 Å². The molecule has 0 amide bonds. The van der Waals surface area contributed by atoms with E-state index < -0.39 is 0 Å². The van der Waals surface area contributed by atoms with Gasteiger partial charge in [0, 0.05) is 5.88 Å². The Morgan fingerprint density at radius 2 is 2.43 bits per heavy atom. The van der Waals surface area contributed by atoms with Crippen molar-refractivity contribution in [1.29, 1.82) is 0 Å². The minimum atomic E-state index is 0.581. The summed E-state index contributed by atoms with van der Waals surface area (Å²) in [5.41, 5.74) is 1.13. The van der Waals surface area contributed by atoms with Crippen LogP contribution in [0.25, 0.3) is 0 Å². The molecule has 0 nitrogen and oxygen atoms in total. The summed E-state index contributed by atoms with van der Waals surface area (Å²) >= 11 is 5.35. The highest BCUT2D eigenvalue weighted by Crippen LogP contribution is 1.91. The van der Waals surface area contributed by atoms with Crippen LogP contribution in [0.15, 0.2) is 24.3 Å². The Hall–Kier alpha value is -0.230. The van der Waals surface area contributed by atoms with Crippen LogP contribution in [0.4, 0.5) is 0 Å². The highest BCUT2D eigenvalue weighted by molar-refractivity contribution is 6.18. The average molecular weight is 117 g/mol. The van der Waals surface area contributed by atoms with Crippen molar-refractivity contribution in [2.75, 3.05) is 5.88 Å². The molecule has 0 aromatic carbocycles. The first-order chi connectivity index (χ1) is 3.31. The monoisotopic (exact) mass is 116 g/mol.